The van der Waals surface area contributed by atoms with Gasteiger partial charge in [-0.2, -0.15) is 9.61 Å². The predicted octanol–water partition coefficient (Wildman–Crippen LogP) is 6.11. The first-order valence-corrected chi connectivity index (χ1v) is 14.0. The lowest BCUT2D eigenvalue weighted by molar-refractivity contribution is 0.0711. The third kappa shape index (κ3) is 5.56. The smallest absolute Gasteiger partial charge is 0.254 e. The van der Waals surface area contributed by atoms with Gasteiger partial charge in [-0.15, -0.1) is 0 Å². The van der Waals surface area contributed by atoms with Crippen molar-refractivity contribution in [1.82, 2.24) is 24.5 Å². The Morgan fingerprint density at radius 2 is 1.72 bits per heavy atom. The van der Waals surface area contributed by atoms with Crippen LogP contribution in [0.15, 0.2) is 95.9 Å². The number of halogens is 1. The molecule has 1 fully saturated rings. The maximum absolute atomic E-state index is 13.6. The van der Waals surface area contributed by atoms with Gasteiger partial charge in [0, 0.05) is 55.3 Å². The number of hydrogen-bond donors (Lipinski definition) is 1. The summed E-state index contributed by atoms with van der Waals surface area (Å²) >= 11 is 3.60. The summed E-state index contributed by atoms with van der Waals surface area (Å²) in [5, 5.41) is 8.01. The maximum Gasteiger partial charge on any atom is 0.254 e. The molecule has 0 spiro atoms. The van der Waals surface area contributed by atoms with E-state index in [0.717, 1.165) is 57.6 Å². The summed E-state index contributed by atoms with van der Waals surface area (Å²) in [7, 11) is 0. The van der Waals surface area contributed by atoms with Crippen LogP contribution in [-0.2, 0) is 13.0 Å². The second-order valence-electron chi connectivity index (χ2n) is 9.89. The highest BCUT2D eigenvalue weighted by Crippen LogP contribution is 2.31. The van der Waals surface area contributed by atoms with Crippen LogP contribution >= 0.6 is 15.9 Å². The summed E-state index contributed by atoms with van der Waals surface area (Å²) in [4.78, 5) is 24.8. The van der Waals surface area contributed by atoms with Gasteiger partial charge < -0.3 is 10.2 Å². The molecule has 0 bridgehead atoms. The van der Waals surface area contributed by atoms with Crippen LogP contribution in [-0.4, -0.2) is 43.5 Å². The first-order chi connectivity index (χ1) is 19.2. The molecule has 1 saturated heterocycles. The molecule has 196 valence electrons. The topological polar surface area (TPSA) is 75.4 Å². The van der Waals surface area contributed by atoms with Crippen molar-refractivity contribution in [1.29, 1.82) is 0 Å². The van der Waals surface area contributed by atoms with Gasteiger partial charge in [0.2, 0.25) is 0 Å². The monoisotopic (exact) mass is 580 g/mol. The van der Waals surface area contributed by atoms with Gasteiger partial charge >= 0.3 is 0 Å². The molecule has 3 aromatic heterocycles. The fourth-order valence-corrected chi connectivity index (χ4v) is 5.58. The first kappa shape index (κ1) is 25.2. The van der Waals surface area contributed by atoms with Crippen molar-refractivity contribution in [2.45, 2.75) is 31.7 Å². The summed E-state index contributed by atoms with van der Waals surface area (Å²) in [6.07, 6.45) is 7.88. The van der Waals surface area contributed by atoms with Gasteiger partial charge in [-0.05, 0) is 64.0 Å². The number of amides is 1. The molecule has 0 aliphatic carbocycles. The molecule has 39 heavy (non-hydrogen) atoms. The molecule has 0 saturated carbocycles. The SMILES string of the molecule is O=C(c1ccccc1Cc1ccccc1)N1CCC(c2cc(NCc3cccnc3)n3ncc(Br)c3n2)CC1. The van der Waals surface area contributed by atoms with Crippen LogP contribution in [0.3, 0.4) is 0 Å². The van der Waals surface area contributed by atoms with Crippen LogP contribution in [0, 0.1) is 0 Å². The molecule has 6 rings (SSSR count). The molecule has 0 radical (unpaired) electrons. The molecule has 0 atom stereocenters. The van der Waals surface area contributed by atoms with Crippen molar-refractivity contribution in [3.05, 3.63) is 124 Å². The van der Waals surface area contributed by atoms with E-state index in [4.69, 9.17) is 4.98 Å². The van der Waals surface area contributed by atoms with Gasteiger partial charge in [0.1, 0.15) is 5.82 Å². The molecule has 0 unspecified atom stereocenters. The number of benzene rings is 2. The lowest BCUT2D eigenvalue weighted by Gasteiger charge is -2.32. The van der Waals surface area contributed by atoms with Gasteiger partial charge in [-0.25, -0.2) is 4.98 Å². The molecular weight excluding hydrogens is 552 g/mol. The van der Waals surface area contributed by atoms with E-state index in [1.54, 1.807) is 12.4 Å². The van der Waals surface area contributed by atoms with Crippen LogP contribution in [0.2, 0.25) is 0 Å². The molecule has 5 aromatic rings. The number of piperidine rings is 1. The Kier molecular flexibility index (Phi) is 7.36. The number of likely N-dealkylation sites (tertiary alicyclic amines) is 1. The highest BCUT2D eigenvalue weighted by atomic mass is 79.9. The third-order valence-corrected chi connectivity index (χ3v) is 7.89. The summed E-state index contributed by atoms with van der Waals surface area (Å²) in [6, 6.07) is 24.4. The largest absolute Gasteiger partial charge is 0.366 e. The van der Waals surface area contributed by atoms with Crippen molar-refractivity contribution < 1.29 is 4.79 Å². The van der Waals surface area contributed by atoms with Crippen molar-refractivity contribution >= 4 is 33.3 Å². The maximum atomic E-state index is 13.6. The number of aromatic nitrogens is 4. The summed E-state index contributed by atoms with van der Waals surface area (Å²) in [5.74, 6) is 1.26. The normalized spacial score (nSPS) is 14.0. The Labute approximate surface area is 236 Å². The fourth-order valence-electron chi connectivity index (χ4n) is 5.23. The molecule has 4 heterocycles. The summed E-state index contributed by atoms with van der Waals surface area (Å²) in [5.41, 5.74) is 5.97. The lowest BCUT2D eigenvalue weighted by atomic mass is 9.92. The Hall–Kier alpha value is -4.04. The molecule has 1 amide bonds. The molecule has 8 heteroatoms. The number of fused-ring (bicyclic) bond motifs is 1. The van der Waals surface area contributed by atoms with Crippen LogP contribution in [0.1, 0.15) is 51.5 Å². The molecule has 7 nitrogen and oxygen atoms in total. The zero-order valence-corrected chi connectivity index (χ0v) is 23.1. The number of anilines is 1. The standard InChI is InChI=1S/C31H29BrN6O/c32-27-21-35-38-29(34-20-23-9-6-14-33-19-23)18-28(36-30(27)38)24-12-15-37(16-13-24)31(39)26-11-5-4-10-25(26)17-22-7-2-1-3-8-22/h1-11,14,18-19,21,24,34H,12-13,15-17,20H2. The van der Waals surface area contributed by atoms with Crippen LogP contribution in [0.25, 0.3) is 5.65 Å². The van der Waals surface area contributed by atoms with E-state index < -0.39 is 0 Å². The number of carbonyl (C=O) groups excluding carboxylic acids is 1. The average Bonchev–Trinajstić information content (AvgIpc) is 3.37. The number of carbonyl (C=O) groups is 1. The van der Waals surface area contributed by atoms with E-state index in [1.807, 2.05) is 64.1 Å². The van der Waals surface area contributed by atoms with Crippen LogP contribution in [0.5, 0.6) is 0 Å². The quantitative estimate of drug-likeness (QED) is 0.251. The van der Waals surface area contributed by atoms with E-state index in [1.165, 1.54) is 5.56 Å². The minimum atomic E-state index is 0.112. The Morgan fingerprint density at radius 1 is 0.949 bits per heavy atom. The minimum Gasteiger partial charge on any atom is -0.366 e. The van der Waals surface area contributed by atoms with Crippen molar-refractivity contribution in [2.75, 3.05) is 18.4 Å². The number of nitrogens with zero attached hydrogens (tertiary/aromatic N) is 5. The second-order valence-corrected chi connectivity index (χ2v) is 10.7. The van der Waals surface area contributed by atoms with Gasteiger partial charge in [0.05, 0.1) is 10.7 Å². The van der Waals surface area contributed by atoms with Gasteiger partial charge in [-0.3, -0.25) is 9.78 Å². The number of rotatable bonds is 7. The highest BCUT2D eigenvalue weighted by molar-refractivity contribution is 9.10. The predicted molar refractivity (Wildman–Crippen MR) is 156 cm³/mol. The summed E-state index contributed by atoms with van der Waals surface area (Å²) in [6.45, 7) is 2.04. The Balaban J connectivity index is 1.17. The zero-order valence-electron chi connectivity index (χ0n) is 21.5. The van der Waals surface area contributed by atoms with E-state index in [9.17, 15) is 4.79 Å². The second kappa shape index (κ2) is 11.4. The van der Waals surface area contributed by atoms with Crippen molar-refractivity contribution in [2.24, 2.45) is 0 Å². The number of nitrogens with one attached hydrogen (secondary N) is 1. The van der Waals surface area contributed by atoms with Crippen LogP contribution < -0.4 is 5.32 Å². The number of hydrogen-bond acceptors (Lipinski definition) is 5. The molecule has 1 aliphatic rings. The first-order valence-electron chi connectivity index (χ1n) is 13.2. The van der Waals surface area contributed by atoms with E-state index in [-0.39, 0.29) is 11.8 Å². The van der Waals surface area contributed by atoms with Crippen molar-refractivity contribution in [3.8, 4) is 0 Å². The lowest BCUT2D eigenvalue weighted by Crippen LogP contribution is -2.38. The Morgan fingerprint density at radius 3 is 2.51 bits per heavy atom. The van der Waals surface area contributed by atoms with Gasteiger partial charge in [0.15, 0.2) is 5.65 Å². The minimum absolute atomic E-state index is 0.112. The number of pyridine rings is 1. The molecule has 1 aliphatic heterocycles. The summed E-state index contributed by atoms with van der Waals surface area (Å²) < 4.78 is 2.68. The fraction of sp³-hybridized carbons (Fsp3) is 0.226. The van der Waals surface area contributed by atoms with Crippen molar-refractivity contribution in [3.63, 3.8) is 0 Å². The Bertz CT molecular complexity index is 1580. The average molecular weight is 582 g/mol. The van der Waals surface area contributed by atoms with Crippen LogP contribution in [0.4, 0.5) is 5.82 Å². The van der Waals surface area contributed by atoms with E-state index >= 15 is 0 Å². The van der Waals surface area contributed by atoms with E-state index in [0.29, 0.717) is 19.6 Å². The molecule has 1 N–H and O–H groups in total. The molecule has 2 aromatic carbocycles. The van der Waals surface area contributed by atoms with Gasteiger partial charge in [-0.1, -0.05) is 54.6 Å². The third-order valence-electron chi connectivity index (χ3n) is 7.33. The van der Waals surface area contributed by atoms with Gasteiger partial charge in [0.25, 0.3) is 5.91 Å². The highest BCUT2D eigenvalue weighted by Gasteiger charge is 2.27. The molecular formula is C31H29BrN6O. The van der Waals surface area contributed by atoms with E-state index in [2.05, 4.69) is 55.6 Å². The zero-order chi connectivity index (χ0) is 26.6.